The minimum atomic E-state index is -1.25. The van der Waals surface area contributed by atoms with Gasteiger partial charge in [-0.3, -0.25) is 28.9 Å². The third-order valence-corrected chi connectivity index (χ3v) is 15.9. The molecular weight excluding hydrogens is 717 g/mol. The van der Waals surface area contributed by atoms with Gasteiger partial charge in [-0.15, -0.1) is 0 Å². The highest BCUT2D eigenvalue weighted by molar-refractivity contribution is 6.00. The van der Waals surface area contributed by atoms with Crippen LogP contribution in [0.15, 0.2) is 0 Å². The van der Waals surface area contributed by atoms with Gasteiger partial charge in [-0.05, 0) is 107 Å². The Bertz CT molecular complexity index is 1480. The molecule has 6 rings (SSSR count). The van der Waals surface area contributed by atoms with Crippen molar-refractivity contribution in [1.29, 1.82) is 0 Å². The zero-order valence-corrected chi connectivity index (χ0v) is 38.3. The van der Waals surface area contributed by atoms with E-state index >= 15 is 4.79 Å². The first-order valence-corrected chi connectivity index (χ1v) is 23.0. The molecule has 0 bridgehead atoms. The van der Waals surface area contributed by atoms with E-state index in [9.17, 15) is 19.2 Å². The number of piperidine rings is 1. The summed E-state index contributed by atoms with van der Waals surface area (Å²) in [5.41, 5.74) is 2.60. The number of carbonyl (C=O) groups excluding carboxylic acids is 5. The van der Waals surface area contributed by atoms with Crippen LogP contribution in [0.25, 0.3) is 0 Å². The van der Waals surface area contributed by atoms with Gasteiger partial charge in [0, 0.05) is 18.0 Å². The fourth-order valence-electron chi connectivity index (χ4n) is 12.0. The molecule has 0 aromatic carbocycles. The Hall–Kier alpha value is -2.69. The summed E-state index contributed by atoms with van der Waals surface area (Å²) >= 11 is 0. The molecule has 57 heavy (non-hydrogen) atoms. The van der Waals surface area contributed by atoms with Crippen LogP contribution in [0.3, 0.4) is 0 Å². The number of fused-ring (bicyclic) bond motifs is 1. The molecule has 326 valence electrons. The summed E-state index contributed by atoms with van der Waals surface area (Å²) in [5.74, 6) is -1.66. The molecule has 2 aliphatic heterocycles. The molecule has 2 spiro atoms. The van der Waals surface area contributed by atoms with Crippen LogP contribution >= 0.6 is 0 Å². The number of rotatable bonds is 11. The minimum absolute atomic E-state index is 0.0219. The van der Waals surface area contributed by atoms with E-state index in [1.807, 2.05) is 62.3 Å². The Morgan fingerprint density at radius 1 is 0.825 bits per heavy atom. The number of nitrogens with two attached hydrogens (primary N) is 1. The second-order valence-corrected chi connectivity index (χ2v) is 20.2. The Morgan fingerprint density at radius 3 is 1.89 bits per heavy atom. The minimum Gasteiger partial charge on any atom is -0.368 e. The second kappa shape index (κ2) is 17.5. The van der Waals surface area contributed by atoms with Crippen LogP contribution in [-0.4, -0.2) is 87.7 Å². The van der Waals surface area contributed by atoms with E-state index < -0.39 is 34.5 Å². The molecule has 5 amide bonds. The van der Waals surface area contributed by atoms with Gasteiger partial charge in [-0.2, -0.15) is 0 Å². The first-order valence-electron chi connectivity index (χ1n) is 23.0. The monoisotopic (exact) mass is 799 g/mol. The molecule has 5 unspecified atom stereocenters. The summed E-state index contributed by atoms with van der Waals surface area (Å²) < 4.78 is 0. The van der Waals surface area contributed by atoms with Crippen LogP contribution < -0.4 is 21.7 Å². The molecule has 7 atom stereocenters. The molecule has 11 nitrogen and oxygen atoms in total. The highest BCUT2D eigenvalue weighted by Gasteiger charge is 2.86. The van der Waals surface area contributed by atoms with E-state index in [0.717, 1.165) is 83.6 Å². The van der Waals surface area contributed by atoms with Crippen molar-refractivity contribution in [3.8, 4) is 0 Å². The molecule has 2 heterocycles. The zero-order chi connectivity index (χ0) is 42.9. The molecule has 4 aliphatic carbocycles. The van der Waals surface area contributed by atoms with Crippen molar-refractivity contribution in [2.24, 2.45) is 39.2 Å². The van der Waals surface area contributed by atoms with Crippen molar-refractivity contribution in [3.63, 3.8) is 0 Å². The van der Waals surface area contributed by atoms with Gasteiger partial charge in [0.2, 0.25) is 29.5 Å². The first kappa shape index (κ1) is 47.0. The molecular formula is C46H82N6O5. The number of hydrogen-bond acceptors (Lipinski definition) is 6. The summed E-state index contributed by atoms with van der Waals surface area (Å²) in [6.07, 6.45) is 12.6. The van der Waals surface area contributed by atoms with Gasteiger partial charge in [-0.25, -0.2) is 0 Å². The maximum atomic E-state index is 15.3. The van der Waals surface area contributed by atoms with Gasteiger partial charge in [0.15, 0.2) is 0 Å². The van der Waals surface area contributed by atoms with Gasteiger partial charge in [0.05, 0.1) is 6.04 Å². The molecule has 0 aromatic rings. The predicted molar refractivity (Wildman–Crippen MR) is 228 cm³/mol. The topological polar surface area (TPSA) is 154 Å². The lowest BCUT2D eigenvalue weighted by Gasteiger charge is -2.41. The smallest absolute Gasteiger partial charge is 0.246 e. The molecule has 0 aromatic heterocycles. The maximum absolute atomic E-state index is 15.3. The fraction of sp³-hybridized carbons (Fsp3) is 0.891. The fourth-order valence-corrected chi connectivity index (χ4v) is 12.0. The molecule has 6 fully saturated rings. The summed E-state index contributed by atoms with van der Waals surface area (Å²) in [4.78, 5) is 75.3. The Labute approximate surface area is 345 Å². The summed E-state index contributed by atoms with van der Waals surface area (Å²) in [6.45, 7) is 27.8. The molecule has 0 radical (unpaired) electrons. The average Bonchev–Trinajstić information content (AvgIpc) is 3.93. The van der Waals surface area contributed by atoms with Crippen LogP contribution in [-0.2, 0) is 24.0 Å². The number of nitrogens with one attached hydrogen (secondary N) is 3. The Kier molecular flexibility index (Phi) is 14.4. The molecule has 4 saturated carbocycles. The number of amides is 5. The van der Waals surface area contributed by atoms with Gasteiger partial charge in [-0.1, -0.05) is 108 Å². The van der Waals surface area contributed by atoms with E-state index in [-0.39, 0.29) is 63.8 Å². The quantitative estimate of drug-likeness (QED) is 0.179. The van der Waals surface area contributed by atoms with Crippen LogP contribution in [0.2, 0.25) is 0 Å². The highest BCUT2D eigenvalue weighted by atomic mass is 16.2. The van der Waals surface area contributed by atoms with E-state index in [4.69, 9.17) is 5.73 Å². The Morgan fingerprint density at radius 2 is 1.42 bits per heavy atom. The maximum Gasteiger partial charge on any atom is 0.246 e. The predicted octanol–water partition coefficient (Wildman–Crippen LogP) is 6.86. The summed E-state index contributed by atoms with van der Waals surface area (Å²) in [5, 5.41) is 9.52. The van der Waals surface area contributed by atoms with Crippen LogP contribution in [0.1, 0.15) is 180 Å². The van der Waals surface area contributed by atoms with Crippen LogP contribution in [0.4, 0.5) is 0 Å². The van der Waals surface area contributed by atoms with E-state index in [2.05, 4.69) is 48.5 Å². The summed E-state index contributed by atoms with van der Waals surface area (Å²) in [6, 6.07) is -1.78. The number of nitrogens with zero attached hydrogens (tertiary/aromatic N) is 2. The third kappa shape index (κ3) is 8.02. The zero-order valence-electron chi connectivity index (χ0n) is 38.3. The van der Waals surface area contributed by atoms with E-state index in [1.165, 1.54) is 0 Å². The molecule has 6 aliphatic rings. The molecule has 2 saturated heterocycles. The number of carbonyl (C=O) groups is 5. The van der Waals surface area contributed by atoms with Crippen molar-refractivity contribution in [1.82, 2.24) is 25.8 Å². The third-order valence-electron chi connectivity index (χ3n) is 15.9. The van der Waals surface area contributed by atoms with Crippen molar-refractivity contribution in [3.05, 3.63) is 0 Å². The highest BCUT2D eigenvalue weighted by Crippen LogP contribution is 2.89. The Balaban J connectivity index is 0.00000174. The van der Waals surface area contributed by atoms with Gasteiger partial charge < -0.3 is 26.6 Å². The lowest BCUT2D eigenvalue weighted by molar-refractivity contribution is -0.150. The van der Waals surface area contributed by atoms with Crippen LogP contribution in [0.5, 0.6) is 0 Å². The van der Waals surface area contributed by atoms with Crippen molar-refractivity contribution < 1.29 is 24.0 Å². The average molecular weight is 799 g/mol. The standard InChI is InChI=1S/C42H70N6O5.2C2H6/c1-10-28-23-42(28,35(43)52)46-36(53)39(9)24-41(38(7,8)40(41)20-16-21-40)25-48(39)34(51)31(37(4,5)6)45-33(50)30(27-17-12-11-13-18-27)44-32(49)29-19-14-15-22-47(29)26(2)3;2*1-2/h26-31H,10-25H2,1-9H3,(H2,43,52)(H,44,49)(H,45,50)(H,46,53);2*1-2H3/t28?,29-,30-,31?,39?,41?,42?;;/m0../s1. The number of hydrogen-bond donors (Lipinski definition) is 4. The van der Waals surface area contributed by atoms with Crippen molar-refractivity contribution >= 4 is 29.5 Å². The van der Waals surface area contributed by atoms with Crippen molar-refractivity contribution in [2.45, 2.75) is 215 Å². The van der Waals surface area contributed by atoms with Gasteiger partial charge in [0.1, 0.15) is 23.2 Å². The first-order chi connectivity index (χ1) is 26.7. The number of primary amides is 1. The van der Waals surface area contributed by atoms with Gasteiger partial charge >= 0.3 is 0 Å². The lowest BCUT2D eigenvalue weighted by Crippen LogP contribution is -2.65. The largest absolute Gasteiger partial charge is 0.368 e. The SMILES string of the molecule is CC.CC.CCC1CC1(NC(=O)C1(C)CC2(CN1C(=O)C(NC(=O)[C@@H](NC(=O)[C@@H]1CCCCN1C(C)C)C1CCCCC1)C(C)(C)C)C(C)(C)C21CCC1)C(N)=O. The second-order valence-electron chi connectivity index (χ2n) is 20.2. The normalized spacial score (nSPS) is 32.4. The summed E-state index contributed by atoms with van der Waals surface area (Å²) in [7, 11) is 0. The van der Waals surface area contributed by atoms with E-state index in [0.29, 0.717) is 19.4 Å². The van der Waals surface area contributed by atoms with Crippen molar-refractivity contribution in [2.75, 3.05) is 13.1 Å². The molecule has 11 heteroatoms. The van der Waals surface area contributed by atoms with Crippen LogP contribution in [0, 0.1) is 33.5 Å². The number of likely N-dealkylation sites (tertiary alicyclic amines) is 2. The van der Waals surface area contributed by atoms with Gasteiger partial charge in [0.25, 0.3) is 0 Å². The molecule has 5 N–H and O–H groups in total. The van der Waals surface area contributed by atoms with E-state index in [1.54, 1.807) is 4.90 Å². The lowest BCUT2D eigenvalue weighted by atomic mass is 9.72.